The summed E-state index contributed by atoms with van der Waals surface area (Å²) < 4.78 is 5.15. The third kappa shape index (κ3) is 4.02. The van der Waals surface area contributed by atoms with Gasteiger partial charge in [-0.3, -0.25) is 9.59 Å². The van der Waals surface area contributed by atoms with Crippen LogP contribution in [-0.4, -0.2) is 18.5 Å². The van der Waals surface area contributed by atoms with Gasteiger partial charge >= 0.3 is 5.97 Å². The normalized spacial score (nSPS) is 14.3. The molecule has 124 valence electrons. The molecule has 3 rings (SSSR count). The molecule has 24 heavy (non-hydrogen) atoms. The molecular formula is C20H21NO3. The fourth-order valence-electron chi connectivity index (χ4n) is 3.06. The van der Waals surface area contributed by atoms with E-state index in [-0.39, 0.29) is 24.4 Å². The van der Waals surface area contributed by atoms with E-state index in [4.69, 9.17) is 4.74 Å². The SMILES string of the molecule is O=C(COC(=O)C1CCCC1)Nc1ccccc1-c1ccccc1. The molecule has 0 bridgehead atoms. The van der Waals surface area contributed by atoms with Crippen LogP contribution in [0.4, 0.5) is 5.69 Å². The summed E-state index contributed by atoms with van der Waals surface area (Å²) >= 11 is 0. The minimum absolute atomic E-state index is 0.0330. The first-order valence-electron chi connectivity index (χ1n) is 8.35. The molecule has 4 heteroatoms. The van der Waals surface area contributed by atoms with Gasteiger partial charge in [-0.05, 0) is 24.5 Å². The fourth-order valence-corrected chi connectivity index (χ4v) is 3.06. The monoisotopic (exact) mass is 323 g/mol. The van der Waals surface area contributed by atoms with Gasteiger partial charge in [0.1, 0.15) is 0 Å². The van der Waals surface area contributed by atoms with Crippen LogP contribution in [0, 0.1) is 5.92 Å². The number of benzene rings is 2. The van der Waals surface area contributed by atoms with Gasteiger partial charge in [0.25, 0.3) is 5.91 Å². The lowest BCUT2D eigenvalue weighted by Crippen LogP contribution is -2.24. The second-order valence-electron chi connectivity index (χ2n) is 6.05. The highest BCUT2D eigenvalue weighted by molar-refractivity contribution is 5.96. The van der Waals surface area contributed by atoms with Crippen molar-refractivity contribution in [3.05, 3.63) is 54.6 Å². The standard InChI is InChI=1S/C20H21NO3/c22-19(14-24-20(23)16-10-4-5-11-16)21-18-13-7-6-12-17(18)15-8-2-1-3-9-15/h1-3,6-9,12-13,16H,4-5,10-11,14H2,(H,21,22). The number of carbonyl (C=O) groups excluding carboxylic acids is 2. The predicted molar refractivity (Wildman–Crippen MR) is 93.4 cm³/mol. The summed E-state index contributed by atoms with van der Waals surface area (Å²) in [5.41, 5.74) is 2.68. The Morgan fingerprint density at radius 2 is 1.62 bits per heavy atom. The van der Waals surface area contributed by atoms with Crippen LogP contribution in [0.25, 0.3) is 11.1 Å². The van der Waals surface area contributed by atoms with Gasteiger partial charge in [-0.25, -0.2) is 0 Å². The molecule has 0 aliphatic heterocycles. The van der Waals surface area contributed by atoms with Crippen LogP contribution in [-0.2, 0) is 14.3 Å². The zero-order valence-corrected chi connectivity index (χ0v) is 13.5. The maximum atomic E-state index is 12.1. The van der Waals surface area contributed by atoms with E-state index in [9.17, 15) is 9.59 Å². The Kier molecular flexibility index (Phi) is 5.26. The average molecular weight is 323 g/mol. The Morgan fingerprint density at radius 3 is 2.38 bits per heavy atom. The molecule has 1 aliphatic carbocycles. The molecule has 2 aromatic carbocycles. The number of rotatable bonds is 5. The number of hydrogen-bond acceptors (Lipinski definition) is 3. The third-order valence-corrected chi connectivity index (χ3v) is 4.32. The van der Waals surface area contributed by atoms with Crippen LogP contribution in [0.5, 0.6) is 0 Å². The van der Waals surface area contributed by atoms with Gasteiger partial charge < -0.3 is 10.1 Å². The number of anilines is 1. The van der Waals surface area contributed by atoms with Crippen molar-refractivity contribution in [3.8, 4) is 11.1 Å². The zero-order valence-electron chi connectivity index (χ0n) is 13.5. The lowest BCUT2D eigenvalue weighted by molar-refractivity contribution is -0.151. The molecule has 4 nitrogen and oxygen atoms in total. The highest BCUT2D eigenvalue weighted by Crippen LogP contribution is 2.28. The average Bonchev–Trinajstić information content (AvgIpc) is 3.16. The Labute approximate surface area is 141 Å². The Balaban J connectivity index is 1.61. The number of hydrogen-bond donors (Lipinski definition) is 1. The van der Waals surface area contributed by atoms with Gasteiger partial charge in [-0.2, -0.15) is 0 Å². The fraction of sp³-hybridized carbons (Fsp3) is 0.300. The molecule has 0 saturated heterocycles. The van der Waals surface area contributed by atoms with Crippen molar-refractivity contribution in [1.82, 2.24) is 0 Å². The topological polar surface area (TPSA) is 55.4 Å². The van der Waals surface area contributed by atoms with Gasteiger partial charge in [0.15, 0.2) is 6.61 Å². The van der Waals surface area contributed by atoms with E-state index >= 15 is 0 Å². The quantitative estimate of drug-likeness (QED) is 0.845. The molecule has 1 aliphatic rings. The van der Waals surface area contributed by atoms with Crippen LogP contribution in [0.2, 0.25) is 0 Å². The highest BCUT2D eigenvalue weighted by Gasteiger charge is 2.24. The zero-order chi connectivity index (χ0) is 16.8. The summed E-state index contributed by atoms with van der Waals surface area (Å²) in [6.45, 7) is -0.238. The van der Waals surface area contributed by atoms with Crippen LogP contribution >= 0.6 is 0 Å². The van der Waals surface area contributed by atoms with E-state index in [1.54, 1.807) is 0 Å². The second-order valence-corrected chi connectivity index (χ2v) is 6.05. The van der Waals surface area contributed by atoms with Crippen LogP contribution in [0.1, 0.15) is 25.7 Å². The molecule has 2 aromatic rings. The smallest absolute Gasteiger partial charge is 0.309 e. The van der Waals surface area contributed by atoms with Crippen molar-refractivity contribution < 1.29 is 14.3 Å². The van der Waals surface area contributed by atoms with E-state index in [1.807, 2.05) is 54.6 Å². The molecule has 1 saturated carbocycles. The summed E-state index contributed by atoms with van der Waals surface area (Å²) in [6.07, 6.45) is 3.88. The molecule has 0 heterocycles. The number of ether oxygens (including phenoxy) is 1. The largest absolute Gasteiger partial charge is 0.455 e. The van der Waals surface area contributed by atoms with Crippen LogP contribution in [0.15, 0.2) is 54.6 Å². The van der Waals surface area contributed by atoms with Crippen molar-refractivity contribution in [1.29, 1.82) is 0 Å². The third-order valence-electron chi connectivity index (χ3n) is 4.32. The summed E-state index contributed by atoms with van der Waals surface area (Å²) in [5.74, 6) is -0.599. The number of nitrogens with one attached hydrogen (secondary N) is 1. The second kappa shape index (κ2) is 7.77. The molecule has 1 fully saturated rings. The van der Waals surface area contributed by atoms with E-state index in [2.05, 4.69) is 5.32 Å². The Bertz CT molecular complexity index is 706. The lowest BCUT2D eigenvalue weighted by Gasteiger charge is -2.12. The van der Waals surface area contributed by atoms with Crippen molar-refractivity contribution in [2.24, 2.45) is 5.92 Å². The molecule has 0 unspecified atom stereocenters. The van der Waals surface area contributed by atoms with Gasteiger partial charge in [0.2, 0.25) is 0 Å². The minimum Gasteiger partial charge on any atom is -0.455 e. The maximum absolute atomic E-state index is 12.1. The van der Waals surface area contributed by atoms with Gasteiger partial charge in [0, 0.05) is 11.3 Å². The molecule has 1 amide bonds. The van der Waals surface area contributed by atoms with Crippen LogP contribution < -0.4 is 5.32 Å². The van der Waals surface area contributed by atoms with Gasteiger partial charge in [-0.15, -0.1) is 0 Å². The van der Waals surface area contributed by atoms with E-state index in [1.165, 1.54) is 0 Å². The Hall–Kier alpha value is -2.62. The summed E-state index contributed by atoms with van der Waals surface area (Å²) in [7, 11) is 0. The molecule has 0 aromatic heterocycles. The van der Waals surface area contributed by atoms with E-state index in [0.29, 0.717) is 5.69 Å². The van der Waals surface area contributed by atoms with Crippen molar-refractivity contribution in [2.75, 3.05) is 11.9 Å². The van der Waals surface area contributed by atoms with Crippen molar-refractivity contribution in [2.45, 2.75) is 25.7 Å². The highest BCUT2D eigenvalue weighted by atomic mass is 16.5. The lowest BCUT2D eigenvalue weighted by atomic mass is 10.0. The van der Waals surface area contributed by atoms with Crippen molar-refractivity contribution in [3.63, 3.8) is 0 Å². The number of para-hydroxylation sites is 1. The molecular weight excluding hydrogens is 302 g/mol. The number of amides is 1. The summed E-state index contributed by atoms with van der Waals surface area (Å²) in [5, 5.41) is 2.84. The summed E-state index contributed by atoms with van der Waals surface area (Å²) in [6, 6.07) is 17.4. The van der Waals surface area contributed by atoms with Gasteiger partial charge in [-0.1, -0.05) is 61.4 Å². The molecule has 1 N–H and O–H groups in total. The molecule has 0 spiro atoms. The molecule has 0 radical (unpaired) electrons. The number of carbonyl (C=O) groups is 2. The first-order valence-corrected chi connectivity index (χ1v) is 8.35. The Morgan fingerprint density at radius 1 is 0.958 bits per heavy atom. The summed E-state index contributed by atoms with van der Waals surface area (Å²) in [4.78, 5) is 24.0. The first-order chi connectivity index (χ1) is 11.7. The van der Waals surface area contributed by atoms with Gasteiger partial charge in [0.05, 0.1) is 5.92 Å². The minimum atomic E-state index is -0.315. The maximum Gasteiger partial charge on any atom is 0.309 e. The molecule has 0 atom stereocenters. The van der Waals surface area contributed by atoms with E-state index < -0.39 is 0 Å². The van der Waals surface area contributed by atoms with E-state index in [0.717, 1.165) is 36.8 Å². The first kappa shape index (κ1) is 16.2. The number of esters is 1. The van der Waals surface area contributed by atoms with Crippen LogP contribution in [0.3, 0.4) is 0 Å². The predicted octanol–water partition coefficient (Wildman–Crippen LogP) is 4.03. The van der Waals surface area contributed by atoms with Crippen molar-refractivity contribution >= 4 is 17.6 Å².